The fourth-order valence-electron chi connectivity index (χ4n) is 2.95. The maximum absolute atomic E-state index is 13.0. The van der Waals surface area contributed by atoms with Crippen molar-refractivity contribution in [2.45, 2.75) is 24.9 Å². The number of carboxylic acid groups (broad SMARTS) is 1. The average Bonchev–Trinajstić information content (AvgIpc) is 3.02. The maximum Gasteiger partial charge on any atom is 0.471 e. The third-order valence-corrected chi connectivity index (χ3v) is 6.21. The number of aliphatic carboxylic acids is 1. The first kappa shape index (κ1) is 20.8. The fraction of sp³-hybridized carbons (Fsp3) is 0.294. The van der Waals surface area contributed by atoms with E-state index in [0.717, 1.165) is 5.56 Å². The van der Waals surface area contributed by atoms with Crippen molar-refractivity contribution < 1.29 is 32.7 Å². The molecule has 2 aromatic rings. The molecular weight excluding hydrogens is 465 g/mol. The molecule has 2 atom stereocenters. The third kappa shape index (κ3) is 4.22. The molecule has 2 unspecified atom stereocenters. The molecule has 3 rings (SSSR count). The van der Waals surface area contributed by atoms with Gasteiger partial charge in [-0.3, -0.25) is 9.63 Å². The number of fused-ring (bicyclic) bond motifs is 1. The van der Waals surface area contributed by atoms with Crippen LogP contribution in [0.3, 0.4) is 0 Å². The molecular formula is C17H14BrF3N2O4S. The Morgan fingerprint density at radius 2 is 2.00 bits per heavy atom. The van der Waals surface area contributed by atoms with Crippen molar-refractivity contribution in [2.24, 2.45) is 0 Å². The number of carbonyl (C=O) groups is 2. The molecule has 0 saturated carbocycles. The SMILES string of the molecule is O=C(O)C1c2c(Br)csc2C(NOCc2ccccc2)CN1C(=O)C(F)(F)F. The Labute approximate surface area is 170 Å². The predicted octanol–water partition coefficient (Wildman–Crippen LogP) is 3.80. The van der Waals surface area contributed by atoms with Crippen LogP contribution in [0.1, 0.15) is 28.1 Å². The molecule has 28 heavy (non-hydrogen) atoms. The van der Waals surface area contributed by atoms with Crippen molar-refractivity contribution in [1.82, 2.24) is 10.4 Å². The highest BCUT2D eigenvalue weighted by Crippen LogP contribution is 2.44. The Balaban J connectivity index is 1.87. The molecule has 1 aliphatic heterocycles. The zero-order chi connectivity index (χ0) is 20.5. The molecule has 1 amide bonds. The first-order valence-corrected chi connectivity index (χ1v) is 9.66. The van der Waals surface area contributed by atoms with E-state index in [9.17, 15) is 27.9 Å². The number of rotatable bonds is 5. The van der Waals surface area contributed by atoms with Gasteiger partial charge in [-0.1, -0.05) is 30.3 Å². The Morgan fingerprint density at radius 1 is 1.32 bits per heavy atom. The molecule has 150 valence electrons. The zero-order valence-electron chi connectivity index (χ0n) is 14.1. The van der Waals surface area contributed by atoms with Gasteiger partial charge < -0.3 is 10.0 Å². The van der Waals surface area contributed by atoms with Gasteiger partial charge in [0, 0.05) is 26.8 Å². The summed E-state index contributed by atoms with van der Waals surface area (Å²) in [5.74, 6) is -3.75. The first-order chi connectivity index (χ1) is 13.2. The number of benzene rings is 1. The number of carboxylic acids is 1. The van der Waals surface area contributed by atoms with Crippen molar-refractivity contribution >= 4 is 39.1 Å². The van der Waals surface area contributed by atoms with E-state index in [-0.39, 0.29) is 12.2 Å². The summed E-state index contributed by atoms with van der Waals surface area (Å²) in [6.07, 6.45) is -5.19. The number of hydrogen-bond acceptors (Lipinski definition) is 5. The largest absolute Gasteiger partial charge is 0.479 e. The maximum atomic E-state index is 13.0. The van der Waals surface area contributed by atoms with Crippen molar-refractivity contribution in [3.05, 3.63) is 56.2 Å². The van der Waals surface area contributed by atoms with Crippen LogP contribution in [0.2, 0.25) is 0 Å². The van der Waals surface area contributed by atoms with E-state index >= 15 is 0 Å². The van der Waals surface area contributed by atoms with Gasteiger partial charge in [-0.2, -0.15) is 18.7 Å². The van der Waals surface area contributed by atoms with Crippen molar-refractivity contribution in [2.75, 3.05) is 6.54 Å². The smallest absolute Gasteiger partial charge is 0.471 e. The van der Waals surface area contributed by atoms with Gasteiger partial charge in [0.15, 0.2) is 6.04 Å². The Bertz CT molecular complexity index is 875. The van der Waals surface area contributed by atoms with E-state index in [1.54, 1.807) is 5.38 Å². The average molecular weight is 479 g/mol. The lowest BCUT2D eigenvalue weighted by Gasteiger charge is -2.38. The third-order valence-electron chi connectivity index (χ3n) is 4.14. The van der Waals surface area contributed by atoms with Gasteiger partial charge in [0.25, 0.3) is 0 Å². The number of halogens is 4. The van der Waals surface area contributed by atoms with E-state index in [2.05, 4.69) is 21.4 Å². The fourth-order valence-corrected chi connectivity index (χ4v) is 4.78. The first-order valence-electron chi connectivity index (χ1n) is 7.98. The van der Waals surface area contributed by atoms with E-state index in [1.807, 2.05) is 30.3 Å². The van der Waals surface area contributed by atoms with Gasteiger partial charge in [-0.15, -0.1) is 11.3 Å². The predicted molar refractivity (Wildman–Crippen MR) is 97.3 cm³/mol. The standard InChI is InChI=1S/C17H14BrF3N2O4S/c18-10-8-28-14-11(22-27-7-9-4-2-1-3-5-9)6-23(16(26)17(19,20)21)13(12(10)14)15(24)25/h1-5,8,11,13,22H,6-7H2,(H,24,25). The van der Waals surface area contributed by atoms with Gasteiger partial charge in [0.05, 0.1) is 12.6 Å². The molecule has 0 fully saturated rings. The van der Waals surface area contributed by atoms with Crippen LogP contribution in [-0.4, -0.2) is 34.6 Å². The van der Waals surface area contributed by atoms with Crippen LogP contribution in [0, 0.1) is 0 Å². The number of hydroxylamine groups is 1. The summed E-state index contributed by atoms with van der Waals surface area (Å²) in [6, 6.07) is 6.55. The molecule has 0 aliphatic carbocycles. The highest BCUT2D eigenvalue weighted by Gasteiger charge is 2.51. The van der Waals surface area contributed by atoms with Gasteiger partial charge in [0.2, 0.25) is 0 Å². The zero-order valence-corrected chi connectivity index (χ0v) is 16.5. The quantitative estimate of drug-likeness (QED) is 0.639. The lowest BCUT2D eigenvalue weighted by Crippen LogP contribution is -2.51. The van der Waals surface area contributed by atoms with E-state index in [1.165, 1.54) is 11.3 Å². The minimum Gasteiger partial charge on any atom is -0.479 e. The van der Waals surface area contributed by atoms with Gasteiger partial charge in [-0.05, 0) is 21.5 Å². The minimum atomic E-state index is -5.19. The van der Waals surface area contributed by atoms with Crippen molar-refractivity contribution in [3.8, 4) is 0 Å². The Kier molecular flexibility index (Phi) is 6.08. The molecule has 0 bridgehead atoms. The van der Waals surface area contributed by atoms with Crippen LogP contribution in [0.5, 0.6) is 0 Å². The number of nitrogens with zero attached hydrogens (tertiary/aromatic N) is 1. The molecule has 2 heterocycles. The second-order valence-corrected chi connectivity index (χ2v) is 7.77. The summed E-state index contributed by atoms with van der Waals surface area (Å²) in [6.45, 7) is -0.348. The molecule has 0 spiro atoms. The summed E-state index contributed by atoms with van der Waals surface area (Å²) in [5, 5.41) is 11.1. The highest BCUT2D eigenvalue weighted by atomic mass is 79.9. The van der Waals surface area contributed by atoms with E-state index in [0.29, 0.717) is 14.2 Å². The van der Waals surface area contributed by atoms with Crippen molar-refractivity contribution in [1.29, 1.82) is 0 Å². The number of thiophene rings is 1. The number of nitrogens with one attached hydrogen (secondary N) is 1. The van der Waals surface area contributed by atoms with Crippen LogP contribution in [0.15, 0.2) is 40.2 Å². The molecule has 6 nitrogen and oxygen atoms in total. The van der Waals surface area contributed by atoms with E-state index in [4.69, 9.17) is 4.84 Å². The van der Waals surface area contributed by atoms with Crippen LogP contribution < -0.4 is 5.48 Å². The second kappa shape index (κ2) is 8.19. The lowest BCUT2D eigenvalue weighted by molar-refractivity contribution is -0.191. The van der Waals surface area contributed by atoms with Crippen LogP contribution in [0.25, 0.3) is 0 Å². The number of alkyl halides is 3. The molecule has 2 N–H and O–H groups in total. The summed E-state index contributed by atoms with van der Waals surface area (Å²) in [4.78, 5) is 29.8. The molecule has 1 aromatic heterocycles. The van der Waals surface area contributed by atoms with Crippen LogP contribution >= 0.6 is 27.3 Å². The number of carbonyl (C=O) groups excluding carboxylic acids is 1. The number of amides is 1. The Morgan fingerprint density at radius 3 is 2.61 bits per heavy atom. The molecule has 1 aliphatic rings. The van der Waals surface area contributed by atoms with E-state index < -0.39 is 36.7 Å². The highest BCUT2D eigenvalue weighted by molar-refractivity contribution is 9.10. The van der Waals surface area contributed by atoms with Gasteiger partial charge in [0.1, 0.15) is 0 Å². The normalized spacial score (nSPS) is 19.4. The van der Waals surface area contributed by atoms with Gasteiger partial charge >= 0.3 is 18.1 Å². The monoisotopic (exact) mass is 478 g/mol. The summed E-state index contributed by atoms with van der Waals surface area (Å²) < 4.78 is 39.4. The topological polar surface area (TPSA) is 78.9 Å². The van der Waals surface area contributed by atoms with Crippen LogP contribution in [-0.2, 0) is 21.0 Å². The second-order valence-electron chi connectivity index (χ2n) is 6.00. The molecule has 0 radical (unpaired) electrons. The lowest BCUT2D eigenvalue weighted by atomic mass is 9.97. The minimum absolute atomic E-state index is 0.113. The Hall–Kier alpha value is -1.95. The molecule has 0 saturated heterocycles. The molecule has 1 aromatic carbocycles. The molecule has 11 heteroatoms. The van der Waals surface area contributed by atoms with Crippen molar-refractivity contribution in [3.63, 3.8) is 0 Å². The summed E-state index contributed by atoms with van der Waals surface area (Å²) in [5.41, 5.74) is 3.62. The summed E-state index contributed by atoms with van der Waals surface area (Å²) in [7, 11) is 0. The summed E-state index contributed by atoms with van der Waals surface area (Å²) >= 11 is 4.36. The van der Waals surface area contributed by atoms with Crippen LogP contribution in [0.4, 0.5) is 13.2 Å². The van der Waals surface area contributed by atoms with Gasteiger partial charge in [-0.25, -0.2) is 4.79 Å². The number of hydrogen-bond donors (Lipinski definition) is 2.